The second kappa shape index (κ2) is 7.27. The first-order valence-electron chi connectivity index (χ1n) is 7.43. The summed E-state index contributed by atoms with van der Waals surface area (Å²) in [4.78, 5) is 26.0. The van der Waals surface area contributed by atoms with Gasteiger partial charge in [-0.25, -0.2) is 0 Å². The molecule has 1 aliphatic heterocycles. The fourth-order valence-corrected chi connectivity index (χ4v) is 2.57. The molecule has 1 heterocycles. The van der Waals surface area contributed by atoms with Gasteiger partial charge in [-0.1, -0.05) is 13.3 Å². The number of nitrogens with two attached hydrogens (primary N) is 1. The van der Waals surface area contributed by atoms with E-state index in [0.717, 1.165) is 51.6 Å². The molecule has 0 spiro atoms. The Morgan fingerprint density at radius 3 is 2.70 bits per heavy atom. The molecule has 1 aliphatic carbocycles. The second-order valence-corrected chi connectivity index (χ2v) is 5.89. The molecule has 2 aliphatic rings. The van der Waals surface area contributed by atoms with E-state index in [1.807, 2.05) is 0 Å². The van der Waals surface area contributed by atoms with Crippen molar-refractivity contribution in [2.24, 2.45) is 11.7 Å². The van der Waals surface area contributed by atoms with Crippen LogP contribution in [-0.2, 0) is 9.59 Å². The number of nitrogens with zero attached hydrogens (tertiary/aromatic N) is 1. The molecule has 0 aromatic heterocycles. The van der Waals surface area contributed by atoms with Crippen molar-refractivity contribution in [2.45, 2.75) is 51.0 Å². The van der Waals surface area contributed by atoms with Crippen molar-refractivity contribution < 1.29 is 9.59 Å². The molecular weight excluding hydrogens is 278 g/mol. The van der Waals surface area contributed by atoms with E-state index in [1.54, 1.807) is 4.90 Å². The fourth-order valence-electron chi connectivity index (χ4n) is 2.57. The highest BCUT2D eigenvalue weighted by Crippen LogP contribution is 2.35. The Labute approximate surface area is 127 Å². The summed E-state index contributed by atoms with van der Waals surface area (Å²) >= 11 is 0. The van der Waals surface area contributed by atoms with E-state index >= 15 is 0 Å². The van der Waals surface area contributed by atoms with E-state index in [0.29, 0.717) is 6.54 Å². The summed E-state index contributed by atoms with van der Waals surface area (Å²) in [5.74, 6) is 0.0725. The van der Waals surface area contributed by atoms with Crippen LogP contribution in [0.2, 0.25) is 0 Å². The molecule has 116 valence electrons. The SMILES string of the molecule is CCCCNC(=O)C1CCCN(C(=O)C2(N)CC2)C1.Cl. The van der Waals surface area contributed by atoms with Crippen LogP contribution in [0.25, 0.3) is 0 Å². The van der Waals surface area contributed by atoms with Gasteiger partial charge in [0.1, 0.15) is 0 Å². The molecule has 2 fully saturated rings. The summed E-state index contributed by atoms with van der Waals surface area (Å²) in [6, 6.07) is 0. The maximum Gasteiger partial charge on any atom is 0.242 e. The normalized spacial score (nSPS) is 23.7. The molecule has 1 atom stereocenters. The van der Waals surface area contributed by atoms with E-state index < -0.39 is 5.54 Å². The van der Waals surface area contributed by atoms with Crippen LogP contribution in [0.4, 0.5) is 0 Å². The summed E-state index contributed by atoms with van der Waals surface area (Å²) in [5.41, 5.74) is 5.34. The van der Waals surface area contributed by atoms with Crippen LogP contribution in [-0.4, -0.2) is 41.9 Å². The number of amides is 2. The number of unbranched alkanes of at least 4 members (excludes halogenated alkanes) is 1. The number of hydrogen-bond donors (Lipinski definition) is 2. The van der Waals surface area contributed by atoms with Crippen LogP contribution >= 0.6 is 12.4 Å². The van der Waals surface area contributed by atoms with Gasteiger partial charge in [0.15, 0.2) is 0 Å². The quantitative estimate of drug-likeness (QED) is 0.746. The van der Waals surface area contributed by atoms with Crippen molar-refractivity contribution in [2.75, 3.05) is 19.6 Å². The summed E-state index contributed by atoms with van der Waals surface area (Å²) < 4.78 is 0. The Balaban J connectivity index is 0.00000200. The van der Waals surface area contributed by atoms with E-state index in [1.165, 1.54) is 0 Å². The largest absolute Gasteiger partial charge is 0.356 e. The minimum Gasteiger partial charge on any atom is -0.356 e. The molecule has 1 unspecified atom stereocenters. The Morgan fingerprint density at radius 1 is 1.40 bits per heavy atom. The molecule has 20 heavy (non-hydrogen) atoms. The molecule has 6 heteroatoms. The van der Waals surface area contributed by atoms with E-state index in [2.05, 4.69) is 12.2 Å². The lowest BCUT2D eigenvalue weighted by atomic mass is 9.96. The second-order valence-electron chi connectivity index (χ2n) is 5.89. The lowest BCUT2D eigenvalue weighted by molar-refractivity contribution is -0.137. The molecule has 1 saturated carbocycles. The number of likely N-dealkylation sites (tertiary alicyclic amines) is 1. The van der Waals surface area contributed by atoms with Crippen LogP contribution in [0, 0.1) is 5.92 Å². The van der Waals surface area contributed by atoms with Crippen LogP contribution < -0.4 is 11.1 Å². The first kappa shape index (κ1) is 17.2. The van der Waals surface area contributed by atoms with Crippen molar-refractivity contribution in [3.8, 4) is 0 Å². The molecule has 0 aromatic carbocycles. The Kier molecular flexibility index (Phi) is 6.27. The average Bonchev–Trinajstić information content (AvgIpc) is 3.17. The third kappa shape index (κ3) is 4.09. The molecule has 0 bridgehead atoms. The van der Waals surface area contributed by atoms with E-state index in [9.17, 15) is 9.59 Å². The Bertz CT molecular complexity index is 358. The number of nitrogens with one attached hydrogen (secondary N) is 1. The van der Waals surface area contributed by atoms with Gasteiger partial charge in [-0.2, -0.15) is 0 Å². The molecule has 2 rings (SSSR count). The average molecular weight is 304 g/mol. The maximum absolute atomic E-state index is 12.2. The van der Waals surface area contributed by atoms with Crippen LogP contribution in [0.3, 0.4) is 0 Å². The lowest BCUT2D eigenvalue weighted by Crippen LogP contribution is -2.51. The highest BCUT2D eigenvalue weighted by molar-refractivity contribution is 5.90. The van der Waals surface area contributed by atoms with Crippen molar-refractivity contribution in [1.29, 1.82) is 0 Å². The van der Waals surface area contributed by atoms with Crippen LogP contribution in [0.1, 0.15) is 45.4 Å². The predicted molar refractivity (Wildman–Crippen MR) is 80.6 cm³/mol. The van der Waals surface area contributed by atoms with Crippen molar-refractivity contribution >= 4 is 24.2 Å². The third-order valence-corrected chi connectivity index (χ3v) is 4.12. The first-order valence-corrected chi connectivity index (χ1v) is 7.43. The summed E-state index contributed by atoms with van der Waals surface area (Å²) in [6.07, 6.45) is 5.43. The molecule has 3 N–H and O–H groups in total. The monoisotopic (exact) mass is 303 g/mol. The Morgan fingerprint density at radius 2 is 2.10 bits per heavy atom. The van der Waals surface area contributed by atoms with Gasteiger partial charge in [-0.05, 0) is 32.1 Å². The summed E-state index contributed by atoms with van der Waals surface area (Å²) in [6.45, 7) is 4.12. The number of halogens is 1. The van der Waals surface area contributed by atoms with Gasteiger partial charge in [-0.3, -0.25) is 9.59 Å². The van der Waals surface area contributed by atoms with Crippen LogP contribution in [0.5, 0.6) is 0 Å². The van der Waals surface area contributed by atoms with Crippen molar-refractivity contribution in [3.05, 3.63) is 0 Å². The zero-order valence-electron chi connectivity index (χ0n) is 12.2. The van der Waals surface area contributed by atoms with E-state index in [4.69, 9.17) is 5.73 Å². The smallest absolute Gasteiger partial charge is 0.242 e. The first-order chi connectivity index (χ1) is 9.07. The van der Waals surface area contributed by atoms with Crippen molar-refractivity contribution in [1.82, 2.24) is 10.2 Å². The number of carbonyl (C=O) groups is 2. The highest BCUT2D eigenvalue weighted by atomic mass is 35.5. The van der Waals surface area contributed by atoms with Gasteiger partial charge in [0.25, 0.3) is 0 Å². The van der Waals surface area contributed by atoms with Gasteiger partial charge in [0.2, 0.25) is 11.8 Å². The number of rotatable bonds is 5. The van der Waals surface area contributed by atoms with Gasteiger partial charge < -0.3 is 16.0 Å². The Hall–Kier alpha value is -0.810. The van der Waals surface area contributed by atoms with Gasteiger partial charge in [0.05, 0.1) is 11.5 Å². The summed E-state index contributed by atoms with van der Waals surface area (Å²) in [5, 5.41) is 2.96. The minimum absolute atomic E-state index is 0. The number of hydrogen-bond acceptors (Lipinski definition) is 3. The fraction of sp³-hybridized carbons (Fsp3) is 0.857. The molecule has 5 nitrogen and oxygen atoms in total. The maximum atomic E-state index is 12.2. The molecule has 2 amide bonds. The van der Waals surface area contributed by atoms with Gasteiger partial charge in [-0.15, -0.1) is 12.4 Å². The van der Waals surface area contributed by atoms with Gasteiger partial charge in [0, 0.05) is 19.6 Å². The van der Waals surface area contributed by atoms with E-state index in [-0.39, 0.29) is 30.1 Å². The molecule has 1 saturated heterocycles. The number of piperidine rings is 1. The topological polar surface area (TPSA) is 75.4 Å². The van der Waals surface area contributed by atoms with Gasteiger partial charge >= 0.3 is 0 Å². The standard InChI is InChI=1S/C14H25N3O2.ClH/c1-2-3-8-16-12(18)11-5-4-9-17(10-11)13(19)14(15)6-7-14;/h11H,2-10,15H2,1H3,(H,16,18);1H. The molecule has 0 radical (unpaired) electrons. The lowest BCUT2D eigenvalue weighted by Gasteiger charge is -2.33. The third-order valence-electron chi connectivity index (χ3n) is 4.12. The highest BCUT2D eigenvalue weighted by Gasteiger charge is 2.48. The molecule has 0 aromatic rings. The van der Waals surface area contributed by atoms with Crippen LogP contribution in [0.15, 0.2) is 0 Å². The number of carbonyl (C=O) groups excluding carboxylic acids is 2. The molecular formula is C14H26ClN3O2. The zero-order valence-corrected chi connectivity index (χ0v) is 13.0. The zero-order chi connectivity index (χ0) is 13.9. The predicted octanol–water partition coefficient (Wildman–Crippen LogP) is 1.05. The summed E-state index contributed by atoms with van der Waals surface area (Å²) in [7, 11) is 0. The van der Waals surface area contributed by atoms with Crippen molar-refractivity contribution in [3.63, 3.8) is 0 Å². The minimum atomic E-state index is -0.611.